The lowest BCUT2D eigenvalue weighted by Crippen LogP contribution is -2.31. The minimum absolute atomic E-state index is 0.143. The van der Waals surface area contributed by atoms with Gasteiger partial charge in [-0.05, 0) is 24.5 Å². The highest BCUT2D eigenvalue weighted by Gasteiger charge is 2.31. The Labute approximate surface area is 133 Å². The van der Waals surface area contributed by atoms with E-state index in [1.165, 1.54) is 0 Å². The lowest BCUT2D eigenvalue weighted by molar-refractivity contribution is -0.123. The fourth-order valence-electron chi connectivity index (χ4n) is 3.24. The van der Waals surface area contributed by atoms with Gasteiger partial charge < -0.3 is 5.32 Å². The number of rotatable bonds is 2. The van der Waals surface area contributed by atoms with Crippen molar-refractivity contribution in [2.75, 3.05) is 10.6 Å². The van der Waals surface area contributed by atoms with Gasteiger partial charge in [-0.3, -0.25) is 19.5 Å². The number of hydrogen-bond donors (Lipinski definition) is 2. The molecule has 3 heterocycles. The summed E-state index contributed by atoms with van der Waals surface area (Å²) >= 11 is 0. The number of amides is 2. The highest BCUT2D eigenvalue weighted by Crippen LogP contribution is 2.32. The Bertz CT molecular complexity index is 783. The first-order chi connectivity index (χ1) is 11.2. The number of carbonyl (C=O) groups is 2. The van der Waals surface area contributed by atoms with Crippen LogP contribution in [0.15, 0.2) is 24.3 Å². The second-order valence-corrected chi connectivity index (χ2v) is 5.93. The molecule has 2 N–H and O–H groups in total. The van der Waals surface area contributed by atoms with Crippen LogP contribution in [0.2, 0.25) is 0 Å². The summed E-state index contributed by atoms with van der Waals surface area (Å²) in [5.41, 5.74) is 1.54. The van der Waals surface area contributed by atoms with E-state index in [9.17, 15) is 9.59 Å². The molecule has 118 valence electrons. The van der Waals surface area contributed by atoms with Crippen LogP contribution in [-0.4, -0.2) is 26.6 Å². The minimum Gasteiger partial charge on any atom is -0.326 e. The average Bonchev–Trinajstić information content (AvgIpc) is 2.97. The van der Waals surface area contributed by atoms with Gasteiger partial charge in [0.25, 0.3) is 0 Å². The summed E-state index contributed by atoms with van der Waals surface area (Å²) in [6, 6.07) is 7.40. The van der Waals surface area contributed by atoms with Crippen molar-refractivity contribution in [3.8, 4) is 0 Å². The molecular formula is C16H17N5O2. The van der Waals surface area contributed by atoms with Crippen molar-refractivity contribution >= 4 is 23.5 Å². The van der Waals surface area contributed by atoms with Crippen molar-refractivity contribution in [2.24, 2.45) is 0 Å². The zero-order valence-corrected chi connectivity index (χ0v) is 12.6. The second-order valence-electron chi connectivity index (χ2n) is 5.93. The van der Waals surface area contributed by atoms with Gasteiger partial charge in [0.2, 0.25) is 17.8 Å². The fourth-order valence-corrected chi connectivity index (χ4v) is 3.24. The van der Waals surface area contributed by atoms with Crippen LogP contribution in [0.1, 0.15) is 36.6 Å². The lowest BCUT2D eigenvalue weighted by Gasteiger charge is -2.24. The maximum Gasteiger partial charge on any atom is 0.234 e. The summed E-state index contributed by atoms with van der Waals surface area (Å²) in [6.45, 7) is 0.819. The van der Waals surface area contributed by atoms with Crippen molar-refractivity contribution in [1.29, 1.82) is 0 Å². The van der Waals surface area contributed by atoms with E-state index in [4.69, 9.17) is 0 Å². The van der Waals surface area contributed by atoms with Crippen molar-refractivity contribution in [3.05, 3.63) is 35.7 Å². The minimum atomic E-state index is -0.503. The van der Waals surface area contributed by atoms with Gasteiger partial charge in [0.15, 0.2) is 0 Å². The molecule has 2 aliphatic rings. The number of nitrogens with one attached hydrogen (secondary N) is 2. The summed E-state index contributed by atoms with van der Waals surface area (Å²) in [4.78, 5) is 24.5. The van der Waals surface area contributed by atoms with Crippen molar-refractivity contribution < 1.29 is 9.59 Å². The number of anilines is 2. The monoisotopic (exact) mass is 311 g/mol. The van der Waals surface area contributed by atoms with Crippen LogP contribution in [-0.2, 0) is 22.6 Å². The third-order valence-electron chi connectivity index (χ3n) is 4.41. The number of fused-ring (bicyclic) bond motifs is 2. The predicted molar refractivity (Wildman–Crippen MR) is 84.0 cm³/mol. The molecule has 2 amide bonds. The SMILES string of the molecule is O=C1CC(C(=O)Nc2nnc3n2CCCC3)c2ccccc2N1. The molecule has 23 heavy (non-hydrogen) atoms. The molecule has 7 nitrogen and oxygen atoms in total. The van der Waals surface area contributed by atoms with E-state index in [1.807, 2.05) is 28.8 Å². The standard InChI is InChI=1S/C16H17N5O2/c22-14-9-11(10-5-1-2-6-12(10)17-14)15(23)18-16-20-19-13-7-3-4-8-21(13)16/h1-2,5-6,11H,3-4,7-9H2,(H,17,22)(H,18,20,23). The molecule has 1 atom stereocenters. The second kappa shape index (κ2) is 5.49. The molecule has 0 saturated carbocycles. The normalized spacial score (nSPS) is 19.5. The maximum absolute atomic E-state index is 12.7. The Morgan fingerprint density at radius 2 is 2.13 bits per heavy atom. The van der Waals surface area contributed by atoms with E-state index in [0.29, 0.717) is 11.6 Å². The summed E-state index contributed by atoms with van der Waals surface area (Å²) in [6.07, 6.45) is 3.19. The first kappa shape index (κ1) is 13.9. The molecule has 1 aromatic carbocycles. The number of aryl methyl sites for hydroxylation is 1. The van der Waals surface area contributed by atoms with Gasteiger partial charge in [-0.25, -0.2) is 0 Å². The molecule has 0 radical (unpaired) electrons. The first-order valence-electron chi connectivity index (χ1n) is 7.84. The first-order valence-corrected chi connectivity index (χ1v) is 7.84. The van der Waals surface area contributed by atoms with Gasteiger partial charge in [0, 0.05) is 25.1 Å². The number of carbonyl (C=O) groups excluding carboxylic acids is 2. The van der Waals surface area contributed by atoms with Crippen LogP contribution in [0.5, 0.6) is 0 Å². The quantitative estimate of drug-likeness (QED) is 0.883. The number of nitrogens with zero attached hydrogens (tertiary/aromatic N) is 3. The molecule has 2 aromatic rings. The van der Waals surface area contributed by atoms with Gasteiger partial charge in [-0.1, -0.05) is 18.2 Å². The van der Waals surface area contributed by atoms with Crippen LogP contribution >= 0.6 is 0 Å². The maximum atomic E-state index is 12.7. The van der Waals surface area contributed by atoms with Crippen molar-refractivity contribution in [1.82, 2.24) is 14.8 Å². The molecule has 2 aliphatic heterocycles. The third kappa shape index (κ3) is 2.48. The van der Waals surface area contributed by atoms with Gasteiger partial charge in [0.1, 0.15) is 5.82 Å². The van der Waals surface area contributed by atoms with Gasteiger partial charge in [-0.2, -0.15) is 0 Å². The average molecular weight is 311 g/mol. The summed E-state index contributed by atoms with van der Waals surface area (Å²) in [5.74, 6) is 0.526. The van der Waals surface area contributed by atoms with Crippen LogP contribution < -0.4 is 10.6 Å². The van der Waals surface area contributed by atoms with Crippen molar-refractivity contribution in [3.63, 3.8) is 0 Å². The van der Waals surface area contributed by atoms with Crippen LogP contribution in [0, 0.1) is 0 Å². The van der Waals surface area contributed by atoms with E-state index in [1.54, 1.807) is 0 Å². The Morgan fingerprint density at radius 3 is 3.04 bits per heavy atom. The number of hydrogen-bond acceptors (Lipinski definition) is 4. The molecule has 0 saturated heterocycles. The molecule has 7 heteroatoms. The fraction of sp³-hybridized carbons (Fsp3) is 0.375. The van der Waals surface area contributed by atoms with E-state index in [-0.39, 0.29) is 18.2 Å². The molecule has 0 bridgehead atoms. The third-order valence-corrected chi connectivity index (χ3v) is 4.41. The zero-order chi connectivity index (χ0) is 15.8. The molecule has 1 aromatic heterocycles. The van der Waals surface area contributed by atoms with Crippen LogP contribution in [0.4, 0.5) is 11.6 Å². The zero-order valence-electron chi connectivity index (χ0n) is 12.6. The number of para-hydroxylation sites is 1. The molecule has 0 aliphatic carbocycles. The smallest absolute Gasteiger partial charge is 0.234 e. The number of aromatic nitrogens is 3. The van der Waals surface area contributed by atoms with Crippen LogP contribution in [0.25, 0.3) is 0 Å². The van der Waals surface area contributed by atoms with Gasteiger partial charge in [0.05, 0.1) is 5.92 Å². The Morgan fingerprint density at radius 1 is 1.26 bits per heavy atom. The van der Waals surface area contributed by atoms with E-state index < -0.39 is 5.92 Å². The van der Waals surface area contributed by atoms with E-state index in [0.717, 1.165) is 37.2 Å². The highest BCUT2D eigenvalue weighted by molar-refractivity contribution is 6.04. The Balaban J connectivity index is 1.60. The van der Waals surface area contributed by atoms with E-state index >= 15 is 0 Å². The summed E-state index contributed by atoms with van der Waals surface area (Å²) in [7, 11) is 0. The Kier molecular flexibility index (Phi) is 3.33. The summed E-state index contributed by atoms with van der Waals surface area (Å²) < 4.78 is 1.95. The van der Waals surface area contributed by atoms with Gasteiger partial charge in [-0.15, -0.1) is 10.2 Å². The van der Waals surface area contributed by atoms with E-state index in [2.05, 4.69) is 20.8 Å². The lowest BCUT2D eigenvalue weighted by atomic mass is 9.90. The largest absolute Gasteiger partial charge is 0.326 e. The van der Waals surface area contributed by atoms with Crippen molar-refractivity contribution in [2.45, 2.75) is 38.1 Å². The summed E-state index contributed by atoms with van der Waals surface area (Å²) in [5, 5.41) is 13.9. The number of benzene rings is 1. The molecule has 1 unspecified atom stereocenters. The molecule has 4 rings (SSSR count). The Hall–Kier alpha value is -2.70. The predicted octanol–water partition coefficient (Wildman–Crippen LogP) is 1.68. The highest BCUT2D eigenvalue weighted by atomic mass is 16.2. The molecular weight excluding hydrogens is 294 g/mol. The molecule has 0 fully saturated rings. The topological polar surface area (TPSA) is 88.9 Å². The molecule has 0 spiro atoms. The van der Waals surface area contributed by atoms with Crippen LogP contribution in [0.3, 0.4) is 0 Å². The van der Waals surface area contributed by atoms with Gasteiger partial charge >= 0.3 is 0 Å².